The van der Waals surface area contributed by atoms with E-state index in [1.807, 2.05) is 30.3 Å². The van der Waals surface area contributed by atoms with Gasteiger partial charge in [-0.2, -0.15) is 0 Å². The molecule has 1 aromatic rings. The van der Waals surface area contributed by atoms with Gasteiger partial charge in [-0.05, 0) is 25.0 Å². The van der Waals surface area contributed by atoms with E-state index in [-0.39, 0.29) is 16.9 Å². The lowest BCUT2D eigenvalue weighted by atomic mass is 10.3. The lowest BCUT2D eigenvalue weighted by molar-refractivity contribution is -0.130. The SMILES string of the molecule is O=C(CS(=O)(=O)C1CCCC1)N1CCN(CCOc2ccccc2)CC1. The third-order valence-corrected chi connectivity index (χ3v) is 7.42. The van der Waals surface area contributed by atoms with Gasteiger partial charge in [-0.15, -0.1) is 0 Å². The largest absolute Gasteiger partial charge is 0.492 e. The zero-order valence-electron chi connectivity index (χ0n) is 15.2. The Morgan fingerprint density at radius 1 is 1.04 bits per heavy atom. The van der Waals surface area contributed by atoms with Crippen molar-refractivity contribution in [2.24, 2.45) is 0 Å². The van der Waals surface area contributed by atoms with Crippen molar-refractivity contribution >= 4 is 15.7 Å². The van der Waals surface area contributed by atoms with Gasteiger partial charge in [-0.25, -0.2) is 8.42 Å². The van der Waals surface area contributed by atoms with Crippen molar-refractivity contribution in [3.05, 3.63) is 30.3 Å². The quantitative estimate of drug-likeness (QED) is 0.718. The van der Waals surface area contributed by atoms with E-state index in [4.69, 9.17) is 4.74 Å². The Balaban J connectivity index is 1.38. The molecule has 0 N–H and O–H groups in total. The number of hydrogen-bond donors (Lipinski definition) is 0. The summed E-state index contributed by atoms with van der Waals surface area (Å²) >= 11 is 0. The third kappa shape index (κ3) is 5.20. The average molecular weight is 381 g/mol. The summed E-state index contributed by atoms with van der Waals surface area (Å²) in [5.74, 6) is 0.296. The summed E-state index contributed by atoms with van der Waals surface area (Å²) in [5, 5.41) is -0.303. The van der Waals surface area contributed by atoms with E-state index in [9.17, 15) is 13.2 Å². The molecule has 1 aliphatic carbocycles. The Kier molecular flexibility index (Phi) is 6.53. The molecule has 2 aliphatic rings. The molecule has 0 atom stereocenters. The van der Waals surface area contributed by atoms with Crippen molar-refractivity contribution < 1.29 is 17.9 Å². The highest BCUT2D eigenvalue weighted by Crippen LogP contribution is 2.25. The van der Waals surface area contributed by atoms with Gasteiger partial charge in [0.05, 0.1) is 5.25 Å². The predicted octanol–water partition coefficient (Wildman–Crippen LogP) is 1.57. The lowest BCUT2D eigenvalue weighted by Crippen LogP contribution is -2.51. The van der Waals surface area contributed by atoms with Gasteiger partial charge in [-0.3, -0.25) is 9.69 Å². The predicted molar refractivity (Wildman–Crippen MR) is 101 cm³/mol. The topological polar surface area (TPSA) is 66.9 Å². The highest BCUT2D eigenvalue weighted by molar-refractivity contribution is 7.92. The smallest absolute Gasteiger partial charge is 0.237 e. The summed E-state index contributed by atoms with van der Waals surface area (Å²) in [7, 11) is -3.29. The second-order valence-electron chi connectivity index (χ2n) is 7.10. The number of sulfone groups is 1. The van der Waals surface area contributed by atoms with Crippen molar-refractivity contribution in [3.63, 3.8) is 0 Å². The Labute approximate surface area is 156 Å². The molecule has 0 spiro atoms. The van der Waals surface area contributed by atoms with E-state index >= 15 is 0 Å². The van der Waals surface area contributed by atoms with Gasteiger partial charge in [0.15, 0.2) is 9.84 Å². The zero-order chi connectivity index (χ0) is 18.4. The normalized spacial score (nSPS) is 19.6. The molecule has 144 valence electrons. The third-order valence-electron chi connectivity index (χ3n) is 5.28. The zero-order valence-corrected chi connectivity index (χ0v) is 16.0. The summed E-state index contributed by atoms with van der Waals surface area (Å²) in [5.41, 5.74) is 0. The first-order valence-corrected chi connectivity index (χ1v) is 11.2. The molecule has 1 amide bonds. The fraction of sp³-hybridized carbons (Fsp3) is 0.632. The van der Waals surface area contributed by atoms with E-state index in [1.165, 1.54) is 0 Å². The van der Waals surface area contributed by atoms with Gasteiger partial charge in [-0.1, -0.05) is 31.0 Å². The molecule has 26 heavy (non-hydrogen) atoms. The maximum atomic E-state index is 12.4. The Morgan fingerprint density at radius 2 is 1.69 bits per heavy atom. The Bertz CT molecular complexity index is 679. The van der Waals surface area contributed by atoms with Crippen LogP contribution in [0.15, 0.2) is 30.3 Å². The summed E-state index contributed by atoms with van der Waals surface area (Å²) in [6.45, 7) is 4.10. The van der Waals surface area contributed by atoms with E-state index in [2.05, 4.69) is 4.90 Å². The maximum Gasteiger partial charge on any atom is 0.237 e. The standard InChI is InChI=1S/C19H28N2O4S/c22-19(16-26(23,24)18-8-4-5-9-18)21-12-10-20(11-13-21)14-15-25-17-6-2-1-3-7-17/h1-3,6-7,18H,4-5,8-16H2. The first kappa shape index (κ1) is 19.2. The Hall–Kier alpha value is -1.60. The van der Waals surface area contributed by atoms with Crippen LogP contribution in [0, 0.1) is 0 Å². The molecule has 2 fully saturated rings. The molecule has 7 heteroatoms. The molecule has 6 nitrogen and oxygen atoms in total. The van der Waals surface area contributed by atoms with Crippen LogP contribution in [-0.4, -0.2) is 74.5 Å². The van der Waals surface area contributed by atoms with Crippen molar-refractivity contribution in [3.8, 4) is 5.75 Å². The molecule has 3 rings (SSSR count). The van der Waals surface area contributed by atoms with Crippen molar-refractivity contribution in [2.45, 2.75) is 30.9 Å². The molecular formula is C19H28N2O4S. The highest BCUT2D eigenvalue weighted by Gasteiger charge is 2.32. The summed E-state index contributed by atoms with van der Waals surface area (Å²) in [6.07, 6.45) is 3.35. The molecule has 1 saturated heterocycles. The molecule has 0 unspecified atom stereocenters. The molecular weight excluding hydrogens is 352 g/mol. The number of rotatable bonds is 7. The summed E-state index contributed by atoms with van der Waals surface area (Å²) in [6, 6.07) is 9.71. The highest BCUT2D eigenvalue weighted by atomic mass is 32.2. The molecule has 1 aliphatic heterocycles. The van der Waals surface area contributed by atoms with Crippen LogP contribution in [0.1, 0.15) is 25.7 Å². The van der Waals surface area contributed by atoms with E-state index in [1.54, 1.807) is 4.90 Å². The molecule has 0 bridgehead atoms. The van der Waals surface area contributed by atoms with E-state index < -0.39 is 9.84 Å². The number of amides is 1. The number of benzene rings is 1. The lowest BCUT2D eigenvalue weighted by Gasteiger charge is -2.34. The molecule has 1 aromatic carbocycles. The van der Waals surface area contributed by atoms with Crippen molar-refractivity contribution in [2.75, 3.05) is 45.1 Å². The number of para-hydroxylation sites is 1. The van der Waals surface area contributed by atoms with E-state index in [0.29, 0.717) is 32.5 Å². The average Bonchev–Trinajstić information content (AvgIpc) is 3.19. The van der Waals surface area contributed by atoms with Crippen LogP contribution in [0.25, 0.3) is 0 Å². The van der Waals surface area contributed by atoms with Crippen LogP contribution in [0.2, 0.25) is 0 Å². The minimum Gasteiger partial charge on any atom is -0.492 e. The van der Waals surface area contributed by atoms with Gasteiger partial charge in [0.2, 0.25) is 5.91 Å². The fourth-order valence-electron chi connectivity index (χ4n) is 3.66. The number of carbonyl (C=O) groups is 1. The van der Waals surface area contributed by atoms with Gasteiger partial charge < -0.3 is 9.64 Å². The van der Waals surface area contributed by atoms with Crippen LogP contribution in [0.3, 0.4) is 0 Å². The summed E-state index contributed by atoms with van der Waals surface area (Å²) in [4.78, 5) is 16.3. The molecule has 1 saturated carbocycles. The second-order valence-corrected chi connectivity index (χ2v) is 9.38. The maximum absolute atomic E-state index is 12.4. The number of carbonyl (C=O) groups excluding carboxylic acids is 1. The van der Waals surface area contributed by atoms with Crippen LogP contribution in [-0.2, 0) is 14.6 Å². The number of nitrogens with zero attached hydrogens (tertiary/aromatic N) is 2. The summed E-state index contributed by atoms with van der Waals surface area (Å²) < 4.78 is 30.4. The monoisotopic (exact) mass is 380 g/mol. The second kappa shape index (κ2) is 8.86. The van der Waals surface area contributed by atoms with Crippen LogP contribution >= 0.6 is 0 Å². The number of piperazine rings is 1. The van der Waals surface area contributed by atoms with Gasteiger partial charge in [0.1, 0.15) is 18.1 Å². The minimum absolute atomic E-state index is 0.239. The molecule has 1 heterocycles. The first-order valence-electron chi connectivity index (χ1n) is 9.44. The van der Waals surface area contributed by atoms with Crippen LogP contribution in [0.5, 0.6) is 5.75 Å². The molecule has 0 radical (unpaired) electrons. The van der Waals surface area contributed by atoms with Gasteiger partial charge >= 0.3 is 0 Å². The van der Waals surface area contributed by atoms with Gasteiger partial charge in [0.25, 0.3) is 0 Å². The first-order chi connectivity index (χ1) is 12.5. The number of hydrogen-bond acceptors (Lipinski definition) is 5. The number of ether oxygens (including phenoxy) is 1. The van der Waals surface area contributed by atoms with Crippen molar-refractivity contribution in [1.29, 1.82) is 0 Å². The van der Waals surface area contributed by atoms with Crippen molar-refractivity contribution in [1.82, 2.24) is 9.80 Å². The fourth-order valence-corrected chi connectivity index (χ4v) is 5.47. The van der Waals surface area contributed by atoms with E-state index in [0.717, 1.165) is 38.2 Å². The van der Waals surface area contributed by atoms with Gasteiger partial charge in [0, 0.05) is 32.7 Å². The van der Waals surface area contributed by atoms with Crippen LogP contribution in [0.4, 0.5) is 0 Å². The van der Waals surface area contributed by atoms with Crippen LogP contribution < -0.4 is 4.74 Å². The minimum atomic E-state index is -3.29. The molecule has 0 aromatic heterocycles. The Morgan fingerprint density at radius 3 is 2.35 bits per heavy atom.